The second-order valence-corrected chi connectivity index (χ2v) is 10.8. The number of fused-ring (bicyclic) bond motifs is 1. The number of hydrogen-bond acceptors (Lipinski definition) is 2. The molecule has 1 aromatic heterocycles. The number of halogens is 3. The van der Waals surface area contributed by atoms with Crippen molar-refractivity contribution >= 4 is 27.0 Å². The van der Waals surface area contributed by atoms with E-state index in [1.807, 2.05) is 47.0 Å². The van der Waals surface area contributed by atoms with Crippen molar-refractivity contribution in [2.45, 2.75) is 38.1 Å². The SMILES string of the molecule is CC1CN(CCCC(c2ccc(F)cc2)c2ccc(F)cc2)CCC1n1c(=O)[nH]c2cc(Br)ccc21. The third-order valence-corrected chi connectivity index (χ3v) is 7.96. The first-order chi connectivity index (χ1) is 17.4. The number of H-pyrrole nitrogens is 1. The molecule has 4 aromatic rings. The number of nitrogens with one attached hydrogen (secondary N) is 1. The van der Waals surface area contributed by atoms with Gasteiger partial charge in [0.25, 0.3) is 0 Å². The Bertz CT molecular complexity index is 1340. The molecule has 0 spiro atoms. The van der Waals surface area contributed by atoms with E-state index in [1.54, 1.807) is 0 Å². The standard InChI is InChI=1S/C29H30BrF2N3O/c1-19-18-34(16-14-27(19)35-28-13-8-22(30)17-26(28)33-29(35)36)15-2-3-25(20-4-9-23(31)10-5-20)21-6-11-24(32)12-7-21/h4-13,17,19,25,27H,2-3,14-16,18H2,1H3,(H,33,36). The fourth-order valence-corrected chi connectivity index (χ4v) is 6.03. The third kappa shape index (κ3) is 5.32. The molecule has 2 atom stereocenters. The quantitative estimate of drug-likeness (QED) is 0.271. The van der Waals surface area contributed by atoms with E-state index in [0.717, 1.165) is 65.5 Å². The zero-order valence-corrected chi connectivity index (χ0v) is 21.8. The summed E-state index contributed by atoms with van der Waals surface area (Å²) in [5, 5.41) is 0. The van der Waals surface area contributed by atoms with Gasteiger partial charge in [0.15, 0.2) is 0 Å². The lowest BCUT2D eigenvalue weighted by Crippen LogP contribution is -2.42. The van der Waals surface area contributed by atoms with Crippen LogP contribution in [-0.4, -0.2) is 34.1 Å². The van der Waals surface area contributed by atoms with Crippen molar-refractivity contribution in [3.05, 3.63) is 104 Å². The molecule has 3 aromatic carbocycles. The first kappa shape index (κ1) is 24.9. The van der Waals surface area contributed by atoms with Crippen molar-refractivity contribution in [2.75, 3.05) is 19.6 Å². The Kier molecular flexibility index (Phi) is 7.39. The minimum absolute atomic E-state index is 0.0464. The highest BCUT2D eigenvalue weighted by Gasteiger charge is 2.29. The molecule has 0 radical (unpaired) electrons. The molecule has 1 fully saturated rings. The fraction of sp³-hybridized carbons (Fsp3) is 0.345. The van der Waals surface area contributed by atoms with E-state index in [0.29, 0.717) is 5.92 Å². The van der Waals surface area contributed by atoms with E-state index in [2.05, 4.69) is 32.7 Å². The third-order valence-electron chi connectivity index (χ3n) is 7.47. The topological polar surface area (TPSA) is 41.0 Å². The Morgan fingerprint density at radius 3 is 2.25 bits per heavy atom. The van der Waals surface area contributed by atoms with E-state index in [-0.39, 0.29) is 29.3 Å². The van der Waals surface area contributed by atoms with Crippen LogP contribution in [0.1, 0.15) is 49.3 Å². The lowest BCUT2D eigenvalue weighted by Gasteiger charge is -2.37. The average Bonchev–Trinajstić information content (AvgIpc) is 3.18. The minimum Gasteiger partial charge on any atom is -0.305 e. The average molecular weight is 554 g/mol. The summed E-state index contributed by atoms with van der Waals surface area (Å²) in [6.07, 6.45) is 2.78. The van der Waals surface area contributed by atoms with Crippen molar-refractivity contribution in [1.82, 2.24) is 14.5 Å². The van der Waals surface area contributed by atoms with E-state index in [1.165, 1.54) is 24.3 Å². The Morgan fingerprint density at radius 1 is 1.00 bits per heavy atom. The summed E-state index contributed by atoms with van der Waals surface area (Å²) >= 11 is 3.48. The molecule has 0 saturated carbocycles. The van der Waals surface area contributed by atoms with Gasteiger partial charge in [-0.15, -0.1) is 0 Å². The molecule has 36 heavy (non-hydrogen) atoms. The predicted molar refractivity (Wildman–Crippen MR) is 143 cm³/mol. The highest BCUT2D eigenvalue weighted by atomic mass is 79.9. The number of hydrogen-bond donors (Lipinski definition) is 1. The Labute approximate surface area is 218 Å². The number of aromatic amines is 1. The van der Waals surface area contributed by atoms with Gasteiger partial charge in [0.05, 0.1) is 11.0 Å². The van der Waals surface area contributed by atoms with Crippen LogP contribution in [-0.2, 0) is 0 Å². The number of likely N-dealkylation sites (tertiary alicyclic amines) is 1. The second-order valence-electron chi connectivity index (χ2n) is 9.89. The highest BCUT2D eigenvalue weighted by molar-refractivity contribution is 9.10. The maximum atomic E-state index is 13.5. The summed E-state index contributed by atoms with van der Waals surface area (Å²) in [5.41, 5.74) is 3.85. The number of aromatic nitrogens is 2. The van der Waals surface area contributed by atoms with Gasteiger partial charge in [0.2, 0.25) is 0 Å². The maximum absolute atomic E-state index is 13.5. The van der Waals surface area contributed by atoms with Crippen molar-refractivity contribution in [2.24, 2.45) is 5.92 Å². The van der Waals surface area contributed by atoms with Gasteiger partial charge in [-0.2, -0.15) is 0 Å². The molecule has 1 aliphatic heterocycles. The summed E-state index contributed by atoms with van der Waals surface area (Å²) in [4.78, 5) is 18.2. The number of benzene rings is 3. The van der Waals surface area contributed by atoms with Crippen molar-refractivity contribution in [3.63, 3.8) is 0 Å². The van der Waals surface area contributed by atoms with Crippen LogP contribution < -0.4 is 5.69 Å². The Hall–Kier alpha value is -2.77. The van der Waals surface area contributed by atoms with E-state index < -0.39 is 0 Å². The molecule has 7 heteroatoms. The molecule has 1 aliphatic rings. The number of imidazole rings is 1. The molecule has 5 rings (SSSR count). The van der Waals surface area contributed by atoms with Gasteiger partial charge in [-0.1, -0.05) is 47.1 Å². The molecule has 188 valence electrons. The van der Waals surface area contributed by atoms with Gasteiger partial charge in [0, 0.05) is 29.5 Å². The van der Waals surface area contributed by atoms with Gasteiger partial charge in [-0.05, 0) is 85.3 Å². The largest absolute Gasteiger partial charge is 0.326 e. The van der Waals surface area contributed by atoms with Crippen LogP contribution in [0.2, 0.25) is 0 Å². The second kappa shape index (κ2) is 10.7. The van der Waals surface area contributed by atoms with Gasteiger partial charge in [-0.25, -0.2) is 13.6 Å². The molecule has 0 bridgehead atoms. The molecular weight excluding hydrogens is 524 g/mol. The van der Waals surface area contributed by atoms with Crippen LogP contribution in [0.4, 0.5) is 8.78 Å². The van der Waals surface area contributed by atoms with Crippen LogP contribution in [0.3, 0.4) is 0 Å². The van der Waals surface area contributed by atoms with Crippen LogP contribution in [0.15, 0.2) is 76.0 Å². The highest BCUT2D eigenvalue weighted by Crippen LogP contribution is 2.32. The summed E-state index contributed by atoms with van der Waals surface area (Å²) in [6.45, 7) is 5.03. The van der Waals surface area contributed by atoms with Crippen LogP contribution >= 0.6 is 15.9 Å². The first-order valence-corrected chi connectivity index (χ1v) is 13.3. The predicted octanol–water partition coefficient (Wildman–Crippen LogP) is 6.87. The van der Waals surface area contributed by atoms with Crippen LogP contribution in [0.25, 0.3) is 11.0 Å². The maximum Gasteiger partial charge on any atom is 0.326 e. The first-order valence-electron chi connectivity index (χ1n) is 12.5. The zero-order chi connectivity index (χ0) is 25.2. The zero-order valence-electron chi connectivity index (χ0n) is 20.3. The van der Waals surface area contributed by atoms with E-state index in [9.17, 15) is 13.6 Å². The molecule has 1 saturated heterocycles. The van der Waals surface area contributed by atoms with Crippen LogP contribution in [0, 0.1) is 17.6 Å². The van der Waals surface area contributed by atoms with Crippen molar-refractivity contribution in [3.8, 4) is 0 Å². The fourth-order valence-electron chi connectivity index (χ4n) is 5.67. The van der Waals surface area contributed by atoms with Gasteiger partial charge in [0.1, 0.15) is 11.6 Å². The van der Waals surface area contributed by atoms with Crippen molar-refractivity contribution < 1.29 is 8.78 Å². The molecule has 0 amide bonds. The summed E-state index contributed by atoms with van der Waals surface area (Å²) in [7, 11) is 0. The summed E-state index contributed by atoms with van der Waals surface area (Å²) in [6, 6.07) is 19.4. The number of rotatable bonds is 7. The molecule has 0 aliphatic carbocycles. The number of nitrogens with zero attached hydrogens (tertiary/aromatic N) is 2. The molecular formula is C29H30BrF2N3O. The van der Waals surface area contributed by atoms with Crippen molar-refractivity contribution in [1.29, 1.82) is 0 Å². The molecule has 1 N–H and O–H groups in total. The summed E-state index contributed by atoms with van der Waals surface area (Å²) in [5.74, 6) is -0.0832. The Balaban J connectivity index is 1.24. The smallest absolute Gasteiger partial charge is 0.305 e. The van der Waals surface area contributed by atoms with Gasteiger partial charge < -0.3 is 9.88 Å². The molecule has 2 heterocycles. The summed E-state index contributed by atoms with van der Waals surface area (Å²) < 4.78 is 29.9. The number of piperidine rings is 1. The minimum atomic E-state index is -0.254. The van der Waals surface area contributed by atoms with Gasteiger partial charge in [-0.3, -0.25) is 4.57 Å². The van der Waals surface area contributed by atoms with Gasteiger partial charge >= 0.3 is 5.69 Å². The lowest BCUT2D eigenvalue weighted by molar-refractivity contribution is 0.131. The molecule has 4 nitrogen and oxygen atoms in total. The Morgan fingerprint density at radius 2 is 1.64 bits per heavy atom. The van der Waals surface area contributed by atoms with Crippen LogP contribution in [0.5, 0.6) is 0 Å². The van der Waals surface area contributed by atoms with E-state index >= 15 is 0 Å². The lowest BCUT2D eigenvalue weighted by atomic mass is 9.87. The molecule has 2 unspecified atom stereocenters. The van der Waals surface area contributed by atoms with E-state index in [4.69, 9.17) is 0 Å². The normalized spacial score (nSPS) is 18.8. The monoisotopic (exact) mass is 553 g/mol.